The van der Waals surface area contributed by atoms with E-state index in [0.29, 0.717) is 12.3 Å². The van der Waals surface area contributed by atoms with E-state index in [4.69, 9.17) is 9.72 Å². The largest absolute Gasteiger partial charge is 0.484 e. The summed E-state index contributed by atoms with van der Waals surface area (Å²) in [7, 11) is 4.07. The Bertz CT molecular complexity index is 938. The van der Waals surface area contributed by atoms with Crippen molar-refractivity contribution in [1.82, 2.24) is 9.88 Å². The number of nitrogens with zero attached hydrogens (tertiary/aromatic N) is 3. The van der Waals surface area contributed by atoms with Crippen molar-refractivity contribution >= 4 is 32.6 Å². The molecule has 0 atom stereocenters. The third kappa shape index (κ3) is 5.09. The van der Waals surface area contributed by atoms with E-state index in [-0.39, 0.29) is 12.5 Å². The summed E-state index contributed by atoms with van der Waals surface area (Å²) >= 11 is 1.57. The molecule has 0 aliphatic heterocycles. The highest BCUT2D eigenvalue weighted by atomic mass is 32.1. The van der Waals surface area contributed by atoms with Crippen molar-refractivity contribution < 1.29 is 9.53 Å². The summed E-state index contributed by atoms with van der Waals surface area (Å²) in [5, 5.41) is 0.740. The lowest BCUT2D eigenvalue weighted by molar-refractivity contribution is -0.120. The third-order valence-corrected chi connectivity index (χ3v) is 5.66. The van der Waals surface area contributed by atoms with Gasteiger partial charge in [0, 0.05) is 6.54 Å². The number of anilines is 1. The lowest BCUT2D eigenvalue weighted by Gasteiger charge is -2.21. The molecule has 1 aromatic heterocycles. The van der Waals surface area contributed by atoms with Crippen LogP contribution in [0.5, 0.6) is 5.75 Å². The van der Waals surface area contributed by atoms with E-state index in [1.54, 1.807) is 16.2 Å². The molecule has 0 N–H and O–H groups in total. The highest BCUT2D eigenvalue weighted by Crippen LogP contribution is 2.32. The number of amides is 1. The number of carbonyl (C=O) groups is 1. The van der Waals surface area contributed by atoms with Crippen molar-refractivity contribution in [3.63, 3.8) is 0 Å². The van der Waals surface area contributed by atoms with Gasteiger partial charge in [-0.1, -0.05) is 35.6 Å². The summed E-state index contributed by atoms with van der Waals surface area (Å²) in [6.45, 7) is 5.69. The van der Waals surface area contributed by atoms with E-state index in [1.807, 2.05) is 44.4 Å². The van der Waals surface area contributed by atoms with Crippen LogP contribution in [0.15, 0.2) is 42.5 Å². The monoisotopic (exact) mass is 397 g/mol. The Morgan fingerprint density at radius 3 is 2.57 bits per heavy atom. The summed E-state index contributed by atoms with van der Waals surface area (Å²) < 4.78 is 6.82. The third-order valence-electron chi connectivity index (χ3n) is 4.43. The van der Waals surface area contributed by atoms with Crippen molar-refractivity contribution in [3.05, 3.63) is 53.6 Å². The number of para-hydroxylation sites is 1. The van der Waals surface area contributed by atoms with Crippen molar-refractivity contribution in [2.75, 3.05) is 38.7 Å². The van der Waals surface area contributed by atoms with Gasteiger partial charge in [0.2, 0.25) is 0 Å². The summed E-state index contributed by atoms with van der Waals surface area (Å²) in [5.74, 6) is 0.621. The molecular formula is C22H27N3O2S. The molecule has 0 saturated heterocycles. The molecule has 1 amide bonds. The first-order valence-electron chi connectivity index (χ1n) is 9.45. The highest BCUT2D eigenvalue weighted by molar-refractivity contribution is 7.22. The first-order chi connectivity index (χ1) is 13.4. The fourth-order valence-corrected chi connectivity index (χ4v) is 4.15. The molecule has 2 aromatic carbocycles. The van der Waals surface area contributed by atoms with Crippen molar-refractivity contribution in [3.8, 4) is 5.75 Å². The average molecular weight is 398 g/mol. The Morgan fingerprint density at radius 1 is 1.11 bits per heavy atom. The molecule has 5 nitrogen and oxygen atoms in total. The van der Waals surface area contributed by atoms with Crippen LogP contribution < -0.4 is 9.64 Å². The van der Waals surface area contributed by atoms with Crippen LogP contribution in [0.4, 0.5) is 5.13 Å². The van der Waals surface area contributed by atoms with Crippen LogP contribution in [0.1, 0.15) is 17.5 Å². The topological polar surface area (TPSA) is 45.7 Å². The zero-order valence-corrected chi connectivity index (χ0v) is 17.8. The highest BCUT2D eigenvalue weighted by Gasteiger charge is 2.21. The second-order valence-electron chi connectivity index (χ2n) is 7.23. The van der Waals surface area contributed by atoms with Gasteiger partial charge in [0.1, 0.15) is 5.75 Å². The summed E-state index contributed by atoms with van der Waals surface area (Å²) in [6.07, 6.45) is 0.873. The molecular weight excluding hydrogens is 370 g/mol. The smallest absolute Gasteiger partial charge is 0.266 e. The number of hydrogen-bond donors (Lipinski definition) is 0. The maximum absolute atomic E-state index is 13.0. The molecule has 0 spiro atoms. The molecule has 0 fully saturated rings. The lowest BCUT2D eigenvalue weighted by atomic mass is 10.1. The molecule has 0 bridgehead atoms. The Labute approximate surface area is 170 Å². The van der Waals surface area contributed by atoms with Gasteiger partial charge in [-0.25, -0.2) is 4.98 Å². The number of rotatable bonds is 8. The number of aryl methyl sites for hydroxylation is 2. The molecule has 3 rings (SSSR count). The van der Waals surface area contributed by atoms with Gasteiger partial charge < -0.3 is 9.64 Å². The Balaban J connectivity index is 1.81. The molecule has 0 aliphatic carbocycles. The normalized spacial score (nSPS) is 11.2. The summed E-state index contributed by atoms with van der Waals surface area (Å²) in [4.78, 5) is 21.6. The van der Waals surface area contributed by atoms with Gasteiger partial charge in [-0.2, -0.15) is 0 Å². The SMILES string of the molecule is Cc1cc(C)c2sc(N(CCCN(C)C)C(=O)COc3ccccc3)nc2c1. The van der Waals surface area contributed by atoms with E-state index >= 15 is 0 Å². The van der Waals surface area contributed by atoms with Crippen molar-refractivity contribution in [2.45, 2.75) is 20.3 Å². The molecule has 148 valence electrons. The Morgan fingerprint density at radius 2 is 1.86 bits per heavy atom. The minimum atomic E-state index is -0.0731. The molecule has 0 radical (unpaired) electrons. The van der Waals surface area contributed by atoms with E-state index in [1.165, 1.54) is 11.1 Å². The van der Waals surface area contributed by atoms with Crippen LogP contribution in [0.3, 0.4) is 0 Å². The van der Waals surface area contributed by atoms with Crippen LogP contribution >= 0.6 is 11.3 Å². The molecule has 0 saturated carbocycles. The van der Waals surface area contributed by atoms with Crippen LogP contribution in [0, 0.1) is 13.8 Å². The Kier molecular flexibility index (Phi) is 6.65. The van der Waals surface area contributed by atoms with Crippen LogP contribution in [0.2, 0.25) is 0 Å². The number of benzene rings is 2. The quantitative estimate of drug-likeness (QED) is 0.569. The standard InChI is InChI=1S/C22H27N3O2S/c1-16-13-17(2)21-19(14-16)23-22(28-21)25(12-8-11-24(3)4)20(26)15-27-18-9-6-5-7-10-18/h5-7,9-10,13-14H,8,11-12,15H2,1-4H3. The molecule has 6 heteroatoms. The van der Waals surface area contributed by atoms with E-state index in [0.717, 1.165) is 28.3 Å². The lowest BCUT2D eigenvalue weighted by Crippen LogP contribution is -2.36. The van der Waals surface area contributed by atoms with Crippen LogP contribution in [-0.2, 0) is 4.79 Å². The average Bonchev–Trinajstić information content (AvgIpc) is 3.08. The number of hydrogen-bond acceptors (Lipinski definition) is 5. The van der Waals surface area contributed by atoms with Gasteiger partial charge in [-0.15, -0.1) is 0 Å². The molecule has 0 unspecified atom stereocenters. The second kappa shape index (κ2) is 9.17. The van der Waals surface area contributed by atoms with E-state index < -0.39 is 0 Å². The van der Waals surface area contributed by atoms with Gasteiger partial charge in [0.05, 0.1) is 10.2 Å². The first kappa shape index (κ1) is 20.3. The number of thiazole rings is 1. The van der Waals surface area contributed by atoms with Crippen molar-refractivity contribution in [2.24, 2.45) is 0 Å². The second-order valence-corrected chi connectivity index (χ2v) is 8.21. The molecule has 1 heterocycles. The fraction of sp³-hybridized carbons (Fsp3) is 0.364. The van der Waals surface area contributed by atoms with Gasteiger partial charge >= 0.3 is 0 Å². The predicted molar refractivity (Wildman–Crippen MR) is 117 cm³/mol. The van der Waals surface area contributed by atoms with Crippen molar-refractivity contribution in [1.29, 1.82) is 0 Å². The maximum atomic E-state index is 13.0. The summed E-state index contributed by atoms with van der Waals surface area (Å²) in [6, 6.07) is 13.7. The number of aromatic nitrogens is 1. The van der Waals surface area contributed by atoms with Gasteiger partial charge in [0.15, 0.2) is 11.7 Å². The number of fused-ring (bicyclic) bond motifs is 1. The maximum Gasteiger partial charge on any atom is 0.266 e. The zero-order chi connectivity index (χ0) is 20.1. The molecule has 28 heavy (non-hydrogen) atoms. The summed E-state index contributed by atoms with van der Waals surface area (Å²) in [5.41, 5.74) is 3.33. The Hall–Kier alpha value is -2.44. The van der Waals surface area contributed by atoms with E-state index in [2.05, 4.69) is 30.9 Å². The number of ether oxygens (including phenoxy) is 1. The van der Waals surface area contributed by atoms with E-state index in [9.17, 15) is 4.79 Å². The van der Waals surface area contributed by atoms with Gasteiger partial charge in [-0.05, 0) is 70.2 Å². The molecule has 3 aromatic rings. The molecule has 0 aliphatic rings. The van der Waals surface area contributed by atoms with Gasteiger partial charge in [0.25, 0.3) is 5.91 Å². The first-order valence-corrected chi connectivity index (χ1v) is 10.3. The fourth-order valence-electron chi connectivity index (χ4n) is 3.09. The van der Waals surface area contributed by atoms with Crippen LogP contribution in [0.25, 0.3) is 10.2 Å². The minimum absolute atomic E-state index is 0.0000865. The van der Waals surface area contributed by atoms with Crippen LogP contribution in [-0.4, -0.2) is 49.6 Å². The predicted octanol–water partition coefficient (Wildman–Crippen LogP) is 4.28. The number of carbonyl (C=O) groups excluding carboxylic acids is 1. The zero-order valence-electron chi connectivity index (χ0n) is 16.9. The minimum Gasteiger partial charge on any atom is -0.484 e. The van der Waals surface area contributed by atoms with Gasteiger partial charge in [-0.3, -0.25) is 9.69 Å².